The Kier molecular flexibility index (Phi) is 4.47. The normalized spacial score (nSPS) is 18.8. The van der Waals surface area contributed by atoms with Gasteiger partial charge in [0.2, 0.25) is 10.0 Å². The lowest BCUT2D eigenvalue weighted by Crippen LogP contribution is -2.21. The van der Waals surface area contributed by atoms with E-state index in [2.05, 4.69) is 0 Å². The molecule has 0 spiro atoms. The van der Waals surface area contributed by atoms with Gasteiger partial charge < -0.3 is 9.47 Å². The van der Waals surface area contributed by atoms with Gasteiger partial charge >= 0.3 is 5.97 Å². The molecular weight excluding hydrogens is 332 g/mol. The first-order valence-electron chi connectivity index (χ1n) is 5.71. The molecule has 2 rings (SSSR count). The summed E-state index contributed by atoms with van der Waals surface area (Å²) in [5.41, 5.74) is -0.619. The van der Waals surface area contributed by atoms with E-state index in [0.717, 1.165) is 0 Å². The molecule has 10 heteroatoms. The van der Waals surface area contributed by atoms with E-state index in [1.807, 2.05) is 0 Å². The smallest absolute Gasteiger partial charge is 0.340 e. The van der Waals surface area contributed by atoms with Crippen LogP contribution in [0.2, 0.25) is 5.02 Å². The fourth-order valence-corrected chi connectivity index (χ4v) is 3.04. The molecule has 1 fully saturated rings. The Morgan fingerprint density at radius 2 is 2.14 bits per heavy atom. The highest BCUT2D eigenvalue weighted by Gasteiger charge is 2.30. The first-order valence-corrected chi connectivity index (χ1v) is 7.63. The van der Waals surface area contributed by atoms with Crippen LogP contribution in [0.3, 0.4) is 0 Å². The summed E-state index contributed by atoms with van der Waals surface area (Å²) in [5, 5.41) is 3.95. The van der Waals surface area contributed by atoms with E-state index < -0.39 is 49.2 Å². The van der Waals surface area contributed by atoms with Crippen LogP contribution < -0.4 is 5.14 Å². The van der Waals surface area contributed by atoms with Gasteiger partial charge in [0.15, 0.2) is 11.6 Å². The third kappa shape index (κ3) is 3.31. The molecule has 0 saturated carbocycles. The van der Waals surface area contributed by atoms with Gasteiger partial charge in [-0.15, -0.1) is 0 Å². The fourth-order valence-electron chi connectivity index (χ4n) is 1.80. The molecule has 0 aromatic heterocycles. The molecule has 0 amide bonds. The second-order valence-corrected chi connectivity index (χ2v) is 6.18. The molecular formula is C11H10ClF2NO5S. The zero-order valence-electron chi connectivity index (χ0n) is 10.4. The molecule has 1 aromatic carbocycles. The standard InChI is InChI=1S/C11H10ClF2NO5S/c12-8-6(11(16)20-5-1-2-19-4-5)3-7(13)9(14)10(8)21(15,17)18/h3,5H,1-2,4H2,(H2,15,17,18). The van der Waals surface area contributed by atoms with Crippen molar-refractivity contribution in [2.24, 2.45) is 5.14 Å². The van der Waals surface area contributed by atoms with Gasteiger partial charge in [-0.1, -0.05) is 11.6 Å². The summed E-state index contributed by atoms with van der Waals surface area (Å²) in [6, 6.07) is 0.463. The van der Waals surface area contributed by atoms with E-state index in [0.29, 0.717) is 19.1 Å². The van der Waals surface area contributed by atoms with Crippen molar-refractivity contribution in [3.8, 4) is 0 Å². The maximum Gasteiger partial charge on any atom is 0.340 e. The number of hydrogen-bond donors (Lipinski definition) is 1. The first-order chi connectivity index (χ1) is 9.71. The summed E-state index contributed by atoms with van der Waals surface area (Å²) in [5.74, 6) is -4.40. The summed E-state index contributed by atoms with van der Waals surface area (Å²) >= 11 is 5.65. The van der Waals surface area contributed by atoms with E-state index in [4.69, 9.17) is 26.2 Å². The lowest BCUT2D eigenvalue weighted by Gasteiger charge is -2.13. The lowest BCUT2D eigenvalue weighted by atomic mass is 10.2. The SMILES string of the molecule is NS(=O)(=O)c1c(F)c(F)cc(C(=O)OC2CCOC2)c1Cl. The summed E-state index contributed by atoms with van der Waals surface area (Å²) < 4.78 is 59.4. The maximum atomic E-state index is 13.5. The number of esters is 1. The molecule has 1 saturated heterocycles. The Bertz CT molecular complexity index is 688. The van der Waals surface area contributed by atoms with Crippen LogP contribution in [-0.2, 0) is 19.5 Å². The Morgan fingerprint density at radius 3 is 2.67 bits per heavy atom. The molecule has 2 N–H and O–H groups in total. The highest BCUT2D eigenvalue weighted by Crippen LogP contribution is 2.30. The van der Waals surface area contributed by atoms with Gasteiger partial charge in [0.05, 0.1) is 23.8 Å². The van der Waals surface area contributed by atoms with E-state index in [9.17, 15) is 22.0 Å². The third-order valence-corrected chi connectivity index (χ3v) is 4.24. The minimum absolute atomic E-state index is 0.162. The third-order valence-electron chi connectivity index (χ3n) is 2.78. The highest BCUT2D eigenvalue weighted by atomic mass is 35.5. The Morgan fingerprint density at radius 1 is 1.48 bits per heavy atom. The molecule has 0 radical (unpaired) electrons. The quantitative estimate of drug-likeness (QED) is 0.658. The van der Waals surface area contributed by atoms with Gasteiger partial charge in [-0.2, -0.15) is 0 Å². The highest BCUT2D eigenvalue weighted by molar-refractivity contribution is 7.89. The van der Waals surface area contributed by atoms with Crippen molar-refractivity contribution in [3.63, 3.8) is 0 Å². The topological polar surface area (TPSA) is 95.7 Å². The van der Waals surface area contributed by atoms with Gasteiger partial charge in [0.25, 0.3) is 0 Å². The molecule has 1 atom stereocenters. The van der Waals surface area contributed by atoms with Gasteiger partial charge in [-0.3, -0.25) is 0 Å². The number of rotatable bonds is 3. The van der Waals surface area contributed by atoms with Gasteiger partial charge in [0, 0.05) is 6.42 Å². The van der Waals surface area contributed by atoms with Crippen LogP contribution >= 0.6 is 11.6 Å². The van der Waals surface area contributed by atoms with Crippen molar-refractivity contribution in [3.05, 3.63) is 28.3 Å². The summed E-state index contributed by atoms with van der Waals surface area (Å²) in [6.07, 6.45) is -0.116. The average Bonchev–Trinajstić information content (AvgIpc) is 2.85. The minimum atomic E-state index is -4.65. The number of hydrogen-bond acceptors (Lipinski definition) is 5. The van der Waals surface area contributed by atoms with Gasteiger partial charge in [-0.25, -0.2) is 27.1 Å². The van der Waals surface area contributed by atoms with Crippen LogP contribution in [0, 0.1) is 11.6 Å². The van der Waals surface area contributed by atoms with Crippen LogP contribution in [0.1, 0.15) is 16.8 Å². The van der Waals surface area contributed by atoms with Crippen molar-refractivity contribution in [1.29, 1.82) is 0 Å². The molecule has 1 aliphatic rings. The fraction of sp³-hybridized carbons (Fsp3) is 0.364. The largest absolute Gasteiger partial charge is 0.456 e. The van der Waals surface area contributed by atoms with Crippen LogP contribution in [0.5, 0.6) is 0 Å². The van der Waals surface area contributed by atoms with Crippen LogP contribution in [0.25, 0.3) is 0 Å². The number of primary sulfonamides is 1. The minimum Gasteiger partial charge on any atom is -0.456 e. The average molecular weight is 342 g/mol. The van der Waals surface area contributed by atoms with E-state index in [-0.39, 0.29) is 6.61 Å². The van der Waals surface area contributed by atoms with Gasteiger partial charge in [-0.05, 0) is 6.07 Å². The molecule has 1 aliphatic heterocycles. The van der Waals surface area contributed by atoms with Crippen molar-refractivity contribution in [2.75, 3.05) is 13.2 Å². The van der Waals surface area contributed by atoms with Crippen molar-refractivity contribution >= 4 is 27.6 Å². The zero-order valence-corrected chi connectivity index (χ0v) is 12.0. The summed E-state index contributed by atoms with van der Waals surface area (Å²) in [7, 11) is -4.65. The molecule has 6 nitrogen and oxygen atoms in total. The second-order valence-electron chi connectivity index (χ2n) is 4.30. The number of carbonyl (C=O) groups is 1. The number of nitrogens with two attached hydrogens (primary N) is 1. The van der Waals surface area contributed by atoms with Crippen molar-refractivity contribution in [2.45, 2.75) is 17.4 Å². The van der Waals surface area contributed by atoms with Crippen LogP contribution in [-0.4, -0.2) is 33.7 Å². The molecule has 1 heterocycles. The first kappa shape index (κ1) is 16.1. The molecule has 1 unspecified atom stereocenters. The monoisotopic (exact) mass is 341 g/mol. The van der Waals surface area contributed by atoms with Crippen molar-refractivity contribution in [1.82, 2.24) is 0 Å². The number of carbonyl (C=O) groups excluding carboxylic acids is 1. The molecule has 1 aromatic rings. The Labute approximate surface area is 123 Å². The van der Waals surface area contributed by atoms with Crippen LogP contribution in [0.4, 0.5) is 8.78 Å². The Hall–Kier alpha value is -1.29. The molecule has 0 aliphatic carbocycles. The van der Waals surface area contributed by atoms with E-state index in [1.165, 1.54) is 0 Å². The summed E-state index contributed by atoms with van der Waals surface area (Å²) in [6.45, 7) is 0.557. The Balaban J connectivity index is 2.44. The molecule has 21 heavy (non-hydrogen) atoms. The predicted molar refractivity (Wildman–Crippen MR) is 67.4 cm³/mol. The lowest BCUT2D eigenvalue weighted by molar-refractivity contribution is 0.0270. The number of benzene rings is 1. The van der Waals surface area contributed by atoms with Gasteiger partial charge in [0.1, 0.15) is 11.0 Å². The number of ether oxygens (including phenoxy) is 2. The summed E-state index contributed by atoms with van der Waals surface area (Å²) in [4.78, 5) is 10.6. The predicted octanol–water partition coefficient (Wildman–Crippen LogP) is 1.21. The van der Waals surface area contributed by atoms with Crippen LogP contribution in [0.15, 0.2) is 11.0 Å². The molecule has 0 bridgehead atoms. The number of sulfonamides is 1. The zero-order chi connectivity index (χ0) is 15.8. The van der Waals surface area contributed by atoms with E-state index in [1.54, 1.807) is 0 Å². The second kappa shape index (κ2) is 5.84. The molecule has 116 valence electrons. The number of halogens is 3. The van der Waals surface area contributed by atoms with Crippen molar-refractivity contribution < 1.29 is 31.5 Å². The maximum absolute atomic E-state index is 13.5. The van der Waals surface area contributed by atoms with E-state index >= 15 is 0 Å².